The van der Waals surface area contributed by atoms with Gasteiger partial charge in [-0.15, -0.1) is 0 Å². The number of para-hydroxylation sites is 1. The molecule has 4 heteroatoms. The van der Waals surface area contributed by atoms with E-state index in [4.69, 9.17) is 16.7 Å². The molecular formula is C12H16ClNO2. The highest BCUT2D eigenvalue weighted by molar-refractivity contribution is 6.33. The second kappa shape index (κ2) is 5.21. The first-order valence-electron chi connectivity index (χ1n) is 5.18. The molecule has 0 aliphatic heterocycles. The van der Waals surface area contributed by atoms with Crippen LogP contribution in [0.2, 0.25) is 5.02 Å². The Morgan fingerprint density at radius 3 is 2.56 bits per heavy atom. The smallest absolute Gasteiger partial charge is 0.308 e. The van der Waals surface area contributed by atoms with E-state index in [2.05, 4.69) is 5.32 Å². The summed E-state index contributed by atoms with van der Waals surface area (Å²) >= 11 is 6.05. The maximum absolute atomic E-state index is 10.8. The molecule has 0 amide bonds. The van der Waals surface area contributed by atoms with Crippen LogP contribution in [0, 0.1) is 12.8 Å². The lowest BCUT2D eigenvalue weighted by Crippen LogP contribution is -2.30. The fraction of sp³-hybridized carbons (Fsp3) is 0.417. The van der Waals surface area contributed by atoms with Crippen LogP contribution in [0.25, 0.3) is 0 Å². The van der Waals surface area contributed by atoms with Crippen LogP contribution in [0.5, 0.6) is 0 Å². The van der Waals surface area contributed by atoms with E-state index in [-0.39, 0.29) is 6.04 Å². The van der Waals surface area contributed by atoms with Crippen LogP contribution in [-0.4, -0.2) is 17.1 Å². The predicted octanol–water partition coefficient (Wildman–Crippen LogP) is 3.17. The Hall–Kier alpha value is -1.22. The second-order valence-electron chi connectivity index (χ2n) is 3.99. The molecule has 1 aromatic rings. The number of carboxylic acid groups (broad SMARTS) is 1. The quantitative estimate of drug-likeness (QED) is 0.851. The Bertz CT molecular complexity index is 372. The van der Waals surface area contributed by atoms with Crippen molar-refractivity contribution in [3.63, 3.8) is 0 Å². The zero-order chi connectivity index (χ0) is 12.3. The van der Waals surface area contributed by atoms with E-state index in [0.29, 0.717) is 5.02 Å². The van der Waals surface area contributed by atoms with Gasteiger partial charge in [-0.2, -0.15) is 0 Å². The predicted molar refractivity (Wildman–Crippen MR) is 66.1 cm³/mol. The van der Waals surface area contributed by atoms with Gasteiger partial charge in [0.15, 0.2) is 0 Å². The third-order valence-electron chi connectivity index (χ3n) is 2.73. The molecule has 0 aromatic heterocycles. The molecule has 2 unspecified atom stereocenters. The van der Waals surface area contributed by atoms with Crippen molar-refractivity contribution in [3.8, 4) is 0 Å². The molecule has 0 radical (unpaired) electrons. The monoisotopic (exact) mass is 241 g/mol. The molecule has 88 valence electrons. The number of aryl methyl sites for hydroxylation is 1. The Balaban J connectivity index is 2.84. The standard InChI is InChI=1S/C12H16ClNO2/c1-7-5-4-6-10(13)11(7)14-9(3)8(2)12(15)16/h4-6,8-9,14H,1-3H3,(H,15,16). The molecular weight excluding hydrogens is 226 g/mol. The molecule has 0 bridgehead atoms. The summed E-state index contributed by atoms with van der Waals surface area (Å²) in [6.07, 6.45) is 0. The van der Waals surface area contributed by atoms with Crippen molar-refractivity contribution >= 4 is 23.3 Å². The zero-order valence-electron chi connectivity index (χ0n) is 9.62. The van der Waals surface area contributed by atoms with Crippen molar-refractivity contribution in [2.75, 3.05) is 5.32 Å². The van der Waals surface area contributed by atoms with Gasteiger partial charge >= 0.3 is 5.97 Å². The summed E-state index contributed by atoms with van der Waals surface area (Å²) in [6, 6.07) is 5.42. The number of nitrogens with one attached hydrogen (secondary N) is 1. The molecule has 0 fully saturated rings. The van der Waals surface area contributed by atoms with E-state index >= 15 is 0 Å². The fourth-order valence-electron chi connectivity index (χ4n) is 1.38. The lowest BCUT2D eigenvalue weighted by molar-refractivity contribution is -0.141. The second-order valence-corrected chi connectivity index (χ2v) is 4.40. The number of aliphatic carboxylic acids is 1. The summed E-state index contributed by atoms with van der Waals surface area (Å²) in [5, 5.41) is 12.7. The van der Waals surface area contributed by atoms with E-state index in [1.165, 1.54) is 0 Å². The average molecular weight is 242 g/mol. The fourth-order valence-corrected chi connectivity index (χ4v) is 1.66. The van der Waals surface area contributed by atoms with Gasteiger partial charge in [0.05, 0.1) is 16.6 Å². The van der Waals surface area contributed by atoms with E-state index in [1.54, 1.807) is 13.0 Å². The maximum Gasteiger partial charge on any atom is 0.308 e. The third-order valence-corrected chi connectivity index (χ3v) is 3.05. The minimum atomic E-state index is -0.815. The molecule has 0 saturated heterocycles. The Labute approximate surface area is 100 Å². The van der Waals surface area contributed by atoms with E-state index in [1.807, 2.05) is 26.0 Å². The highest BCUT2D eigenvalue weighted by atomic mass is 35.5. The number of halogens is 1. The van der Waals surface area contributed by atoms with Crippen LogP contribution in [0.3, 0.4) is 0 Å². The molecule has 0 saturated carbocycles. The zero-order valence-corrected chi connectivity index (χ0v) is 10.4. The largest absolute Gasteiger partial charge is 0.481 e. The SMILES string of the molecule is Cc1cccc(Cl)c1NC(C)C(C)C(=O)O. The summed E-state index contributed by atoms with van der Waals surface area (Å²) in [5.41, 5.74) is 1.82. The van der Waals surface area contributed by atoms with Gasteiger partial charge in [-0.05, 0) is 32.4 Å². The average Bonchev–Trinajstić information content (AvgIpc) is 2.22. The molecule has 1 aromatic carbocycles. The molecule has 0 spiro atoms. The van der Waals surface area contributed by atoms with Crippen molar-refractivity contribution in [1.29, 1.82) is 0 Å². The molecule has 0 heterocycles. The number of rotatable bonds is 4. The van der Waals surface area contributed by atoms with Gasteiger partial charge in [0.1, 0.15) is 0 Å². The van der Waals surface area contributed by atoms with Crippen LogP contribution >= 0.6 is 11.6 Å². The Morgan fingerprint density at radius 1 is 1.44 bits per heavy atom. The lowest BCUT2D eigenvalue weighted by Gasteiger charge is -2.21. The van der Waals surface area contributed by atoms with Gasteiger partial charge in [0.2, 0.25) is 0 Å². The topological polar surface area (TPSA) is 49.3 Å². The van der Waals surface area contributed by atoms with E-state index in [0.717, 1.165) is 11.3 Å². The molecule has 0 aliphatic carbocycles. The van der Waals surface area contributed by atoms with E-state index in [9.17, 15) is 4.79 Å². The first-order valence-corrected chi connectivity index (χ1v) is 5.55. The summed E-state index contributed by atoms with van der Waals surface area (Å²) < 4.78 is 0. The summed E-state index contributed by atoms with van der Waals surface area (Å²) in [7, 11) is 0. The maximum atomic E-state index is 10.8. The molecule has 0 aliphatic rings. The number of hydrogen-bond donors (Lipinski definition) is 2. The lowest BCUT2D eigenvalue weighted by atomic mass is 10.0. The number of hydrogen-bond acceptors (Lipinski definition) is 2. The van der Waals surface area contributed by atoms with Gasteiger partial charge in [0, 0.05) is 6.04 Å². The molecule has 2 N–H and O–H groups in total. The van der Waals surface area contributed by atoms with Gasteiger partial charge in [0.25, 0.3) is 0 Å². The van der Waals surface area contributed by atoms with Crippen molar-refractivity contribution in [2.24, 2.45) is 5.92 Å². The third kappa shape index (κ3) is 2.89. The molecule has 1 rings (SSSR count). The highest BCUT2D eigenvalue weighted by Crippen LogP contribution is 2.26. The summed E-state index contributed by atoms with van der Waals surface area (Å²) in [6.45, 7) is 5.44. The van der Waals surface area contributed by atoms with Gasteiger partial charge in [-0.3, -0.25) is 4.79 Å². The first kappa shape index (κ1) is 12.8. The van der Waals surface area contributed by atoms with Crippen LogP contribution in [0.1, 0.15) is 19.4 Å². The van der Waals surface area contributed by atoms with Crippen molar-refractivity contribution < 1.29 is 9.90 Å². The van der Waals surface area contributed by atoms with E-state index < -0.39 is 11.9 Å². The highest BCUT2D eigenvalue weighted by Gasteiger charge is 2.20. The number of benzene rings is 1. The molecule has 16 heavy (non-hydrogen) atoms. The number of anilines is 1. The summed E-state index contributed by atoms with van der Waals surface area (Å²) in [5.74, 6) is -1.28. The first-order chi connectivity index (χ1) is 7.43. The Kier molecular flexibility index (Phi) is 4.19. The Morgan fingerprint density at radius 2 is 2.06 bits per heavy atom. The minimum Gasteiger partial charge on any atom is -0.481 e. The van der Waals surface area contributed by atoms with Crippen molar-refractivity contribution in [2.45, 2.75) is 26.8 Å². The normalized spacial score (nSPS) is 14.2. The number of carbonyl (C=O) groups is 1. The van der Waals surface area contributed by atoms with Crippen LogP contribution in [0.15, 0.2) is 18.2 Å². The van der Waals surface area contributed by atoms with Crippen LogP contribution in [0.4, 0.5) is 5.69 Å². The van der Waals surface area contributed by atoms with Crippen LogP contribution < -0.4 is 5.32 Å². The minimum absolute atomic E-state index is 0.170. The van der Waals surface area contributed by atoms with Crippen molar-refractivity contribution in [3.05, 3.63) is 28.8 Å². The van der Waals surface area contributed by atoms with Crippen LogP contribution in [-0.2, 0) is 4.79 Å². The van der Waals surface area contributed by atoms with Gasteiger partial charge in [-0.1, -0.05) is 23.7 Å². The molecule has 3 nitrogen and oxygen atoms in total. The number of carboxylic acids is 1. The van der Waals surface area contributed by atoms with Gasteiger partial charge < -0.3 is 10.4 Å². The molecule has 2 atom stereocenters. The van der Waals surface area contributed by atoms with Gasteiger partial charge in [-0.25, -0.2) is 0 Å². The van der Waals surface area contributed by atoms with Crippen molar-refractivity contribution in [1.82, 2.24) is 0 Å². The summed E-state index contributed by atoms with van der Waals surface area (Å²) in [4.78, 5) is 10.8.